The molecule has 4 nitrogen and oxygen atoms in total. The predicted octanol–water partition coefficient (Wildman–Crippen LogP) is 2.12. The Morgan fingerprint density at radius 2 is 2.41 bits per heavy atom. The molecule has 2 aromatic heterocycles. The minimum Gasteiger partial charge on any atom is -0.308 e. The SMILES string of the molecule is O=c1[nH]c([C@@H]2C[C@@H](F)CN2)nc2cc(Br)sc12. The van der Waals surface area contributed by atoms with Crippen molar-refractivity contribution in [3.05, 3.63) is 26.0 Å². The Bertz CT molecular complexity index is 626. The average Bonchev–Trinajstić information content (AvgIpc) is 2.83. The summed E-state index contributed by atoms with van der Waals surface area (Å²) in [6.07, 6.45) is -0.505. The lowest BCUT2D eigenvalue weighted by Crippen LogP contribution is -2.20. The van der Waals surface area contributed by atoms with E-state index in [9.17, 15) is 9.18 Å². The van der Waals surface area contributed by atoms with E-state index < -0.39 is 6.17 Å². The second kappa shape index (κ2) is 4.15. The number of H-pyrrole nitrogens is 1. The van der Waals surface area contributed by atoms with Crippen molar-refractivity contribution in [3.8, 4) is 0 Å². The van der Waals surface area contributed by atoms with Gasteiger partial charge in [0.15, 0.2) is 0 Å². The van der Waals surface area contributed by atoms with Crippen molar-refractivity contribution in [1.29, 1.82) is 0 Å². The molecule has 0 bridgehead atoms. The molecule has 3 heterocycles. The molecule has 0 aromatic carbocycles. The van der Waals surface area contributed by atoms with Gasteiger partial charge in [-0.15, -0.1) is 11.3 Å². The third kappa shape index (κ3) is 2.02. The summed E-state index contributed by atoms with van der Waals surface area (Å²) in [7, 11) is 0. The molecule has 17 heavy (non-hydrogen) atoms. The topological polar surface area (TPSA) is 57.8 Å². The Hall–Kier alpha value is -0.790. The first-order valence-electron chi connectivity index (χ1n) is 5.20. The van der Waals surface area contributed by atoms with Crippen LogP contribution in [0.25, 0.3) is 10.2 Å². The maximum Gasteiger partial charge on any atom is 0.268 e. The van der Waals surface area contributed by atoms with Gasteiger partial charge in [-0.05, 0) is 22.0 Å². The molecule has 1 aliphatic heterocycles. The number of nitrogens with one attached hydrogen (secondary N) is 2. The quantitative estimate of drug-likeness (QED) is 0.847. The summed E-state index contributed by atoms with van der Waals surface area (Å²) < 4.78 is 14.5. The first kappa shape index (κ1) is 11.3. The van der Waals surface area contributed by atoms with Crippen LogP contribution in [0.4, 0.5) is 4.39 Å². The number of aromatic amines is 1. The molecule has 3 rings (SSSR count). The van der Waals surface area contributed by atoms with Crippen LogP contribution in [0.5, 0.6) is 0 Å². The highest BCUT2D eigenvalue weighted by molar-refractivity contribution is 9.11. The summed E-state index contributed by atoms with van der Waals surface area (Å²) in [5.74, 6) is 0.521. The van der Waals surface area contributed by atoms with E-state index in [4.69, 9.17) is 0 Å². The second-order valence-corrected chi connectivity index (χ2v) is 6.44. The molecule has 1 saturated heterocycles. The van der Waals surface area contributed by atoms with Gasteiger partial charge in [0.05, 0.1) is 15.3 Å². The summed E-state index contributed by atoms with van der Waals surface area (Å²) in [5.41, 5.74) is 0.495. The van der Waals surface area contributed by atoms with Gasteiger partial charge in [-0.1, -0.05) is 0 Å². The summed E-state index contributed by atoms with van der Waals surface area (Å²) >= 11 is 4.67. The molecule has 0 unspecified atom stereocenters. The zero-order chi connectivity index (χ0) is 12.0. The van der Waals surface area contributed by atoms with E-state index in [1.807, 2.05) is 0 Å². The highest BCUT2D eigenvalue weighted by Gasteiger charge is 2.27. The lowest BCUT2D eigenvalue weighted by atomic mass is 10.2. The van der Waals surface area contributed by atoms with Crippen molar-refractivity contribution in [3.63, 3.8) is 0 Å². The third-order valence-corrected chi connectivity index (χ3v) is 4.40. The van der Waals surface area contributed by atoms with Crippen LogP contribution in [-0.4, -0.2) is 22.7 Å². The number of alkyl halides is 1. The van der Waals surface area contributed by atoms with Gasteiger partial charge in [-0.2, -0.15) is 0 Å². The lowest BCUT2D eigenvalue weighted by molar-refractivity contribution is 0.355. The van der Waals surface area contributed by atoms with Crippen molar-refractivity contribution in [2.24, 2.45) is 0 Å². The van der Waals surface area contributed by atoms with E-state index in [-0.39, 0.29) is 11.6 Å². The zero-order valence-corrected chi connectivity index (χ0v) is 11.1. The Morgan fingerprint density at radius 3 is 3.12 bits per heavy atom. The minimum absolute atomic E-state index is 0.162. The lowest BCUT2D eigenvalue weighted by Gasteiger charge is -2.08. The molecule has 1 aliphatic rings. The minimum atomic E-state index is -0.866. The number of fused-ring (bicyclic) bond motifs is 1. The van der Waals surface area contributed by atoms with E-state index in [1.54, 1.807) is 6.07 Å². The molecule has 7 heteroatoms. The number of thiophene rings is 1. The van der Waals surface area contributed by atoms with Crippen molar-refractivity contribution in [2.75, 3.05) is 6.54 Å². The van der Waals surface area contributed by atoms with Crippen LogP contribution >= 0.6 is 27.3 Å². The molecular weight excluding hydrogens is 309 g/mol. The molecule has 0 amide bonds. The molecule has 90 valence electrons. The van der Waals surface area contributed by atoms with E-state index in [0.29, 0.717) is 29.0 Å². The number of rotatable bonds is 1. The summed E-state index contributed by atoms with van der Waals surface area (Å²) in [6.45, 7) is 0.319. The fourth-order valence-corrected chi connectivity index (χ4v) is 3.42. The van der Waals surface area contributed by atoms with E-state index in [1.165, 1.54) is 11.3 Å². The number of aromatic nitrogens is 2. The summed E-state index contributed by atoms with van der Waals surface area (Å²) in [5, 5.41) is 3.01. The van der Waals surface area contributed by atoms with Crippen LogP contribution in [-0.2, 0) is 0 Å². The number of nitrogens with zero attached hydrogens (tertiary/aromatic N) is 1. The van der Waals surface area contributed by atoms with Gasteiger partial charge in [-0.25, -0.2) is 9.37 Å². The molecule has 2 N–H and O–H groups in total. The Balaban J connectivity index is 2.09. The van der Waals surface area contributed by atoms with E-state index in [2.05, 4.69) is 31.2 Å². The van der Waals surface area contributed by atoms with Crippen LogP contribution in [0.3, 0.4) is 0 Å². The van der Waals surface area contributed by atoms with Crippen LogP contribution in [0.1, 0.15) is 18.3 Å². The maximum absolute atomic E-state index is 13.1. The summed E-state index contributed by atoms with van der Waals surface area (Å²) in [4.78, 5) is 18.9. The fourth-order valence-electron chi connectivity index (χ4n) is 1.99. The van der Waals surface area contributed by atoms with Gasteiger partial charge >= 0.3 is 0 Å². The van der Waals surface area contributed by atoms with Gasteiger partial charge in [0.2, 0.25) is 0 Å². The normalized spacial score (nSPS) is 24.6. The molecule has 2 atom stereocenters. The largest absolute Gasteiger partial charge is 0.308 e. The van der Waals surface area contributed by atoms with Crippen LogP contribution in [0, 0.1) is 0 Å². The van der Waals surface area contributed by atoms with Crippen molar-refractivity contribution < 1.29 is 4.39 Å². The van der Waals surface area contributed by atoms with Gasteiger partial charge in [-0.3, -0.25) is 4.79 Å². The maximum atomic E-state index is 13.1. The van der Waals surface area contributed by atoms with E-state index in [0.717, 1.165) is 3.79 Å². The highest BCUT2D eigenvalue weighted by Crippen LogP contribution is 2.28. The average molecular weight is 318 g/mol. The second-order valence-electron chi connectivity index (χ2n) is 4.01. The van der Waals surface area contributed by atoms with Crippen LogP contribution in [0.2, 0.25) is 0 Å². The van der Waals surface area contributed by atoms with Crippen LogP contribution in [0.15, 0.2) is 14.6 Å². The Labute approximate surface area is 108 Å². The van der Waals surface area contributed by atoms with Gasteiger partial charge in [0.1, 0.15) is 16.7 Å². The number of hydrogen-bond donors (Lipinski definition) is 2. The number of hydrogen-bond acceptors (Lipinski definition) is 4. The first-order chi connectivity index (χ1) is 8.13. The zero-order valence-electron chi connectivity index (χ0n) is 8.67. The van der Waals surface area contributed by atoms with Crippen molar-refractivity contribution in [2.45, 2.75) is 18.6 Å². The first-order valence-corrected chi connectivity index (χ1v) is 6.81. The molecule has 1 fully saturated rings. The molecule has 0 aliphatic carbocycles. The van der Waals surface area contributed by atoms with Crippen molar-refractivity contribution in [1.82, 2.24) is 15.3 Å². The predicted molar refractivity (Wildman–Crippen MR) is 68.2 cm³/mol. The third-order valence-electron chi connectivity index (χ3n) is 2.78. The Kier molecular flexibility index (Phi) is 2.76. The molecular formula is C10H9BrFN3OS. The number of halogens is 2. The van der Waals surface area contributed by atoms with Gasteiger partial charge < -0.3 is 10.3 Å². The van der Waals surface area contributed by atoms with Gasteiger partial charge in [0, 0.05) is 13.0 Å². The van der Waals surface area contributed by atoms with E-state index >= 15 is 0 Å². The van der Waals surface area contributed by atoms with Crippen LogP contribution < -0.4 is 10.9 Å². The standard InChI is InChI=1S/C10H9BrFN3OS/c11-7-2-5-8(17-7)10(16)15-9(14-5)6-1-4(12)3-13-6/h2,4,6,13H,1,3H2,(H,14,15,16)/t4-,6+/m1/s1. The van der Waals surface area contributed by atoms with Crippen molar-refractivity contribution >= 4 is 37.5 Å². The molecule has 2 aromatic rings. The smallest absolute Gasteiger partial charge is 0.268 e. The fraction of sp³-hybridized carbons (Fsp3) is 0.400. The van der Waals surface area contributed by atoms with Gasteiger partial charge in [0.25, 0.3) is 5.56 Å². The highest BCUT2D eigenvalue weighted by atomic mass is 79.9. The molecule has 0 spiro atoms. The Morgan fingerprint density at radius 1 is 1.59 bits per heavy atom. The molecule has 0 radical (unpaired) electrons. The monoisotopic (exact) mass is 317 g/mol. The summed E-state index contributed by atoms with van der Waals surface area (Å²) in [6, 6.07) is 1.61. The molecule has 0 saturated carbocycles.